The summed E-state index contributed by atoms with van der Waals surface area (Å²) in [6, 6.07) is 7.61. The number of rotatable bonds is 4. The number of nitrogens with one attached hydrogen (secondary N) is 2. The molecule has 8 heteroatoms. The number of halogens is 1. The molecule has 1 aliphatic heterocycles. The molecule has 2 amide bonds. The summed E-state index contributed by atoms with van der Waals surface area (Å²) in [7, 11) is 0. The van der Waals surface area contributed by atoms with E-state index in [2.05, 4.69) is 37.3 Å². The minimum Gasteiger partial charge on any atom is -0.346 e. The molecule has 0 atom stereocenters. The number of thiophene rings is 1. The van der Waals surface area contributed by atoms with Gasteiger partial charge in [0.2, 0.25) is 5.91 Å². The van der Waals surface area contributed by atoms with Gasteiger partial charge in [-0.15, -0.1) is 11.3 Å². The van der Waals surface area contributed by atoms with Crippen LogP contribution < -0.4 is 5.32 Å². The Morgan fingerprint density at radius 1 is 1.30 bits per heavy atom. The lowest BCUT2D eigenvalue weighted by atomic mass is 9.89. The van der Waals surface area contributed by atoms with Crippen LogP contribution >= 0.6 is 27.3 Å². The van der Waals surface area contributed by atoms with Crippen LogP contribution in [0.2, 0.25) is 0 Å². The van der Waals surface area contributed by atoms with Gasteiger partial charge in [-0.25, -0.2) is 4.98 Å². The van der Waals surface area contributed by atoms with Crippen molar-refractivity contribution in [3.05, 3.63) is 50.9 Å². The number of aromatic nitrogens is 2. The molecular weight excluding hydrogens is 428 g/mol. The third-order valence-corrected chi connectivity index (χ3v) is 6.59. The summed E-state index contributed by atoms with van der Waals surface area (Å²) >= 11 is 4.69. The van der Waals surface area contributed by atoms with E-state index in [-0.39, 0.29) is 18.4 Å². The third kappa shape index (κ3) is 3.91. The molecule has 140 valence electrons. The molecule has 0 spiro atoms. The highest BCUT2D eigenvalue weighted by molar-refractivity contribution is 9.11. The van der Waals surface area contributed by atoms with Crippen LogP contribution in [-0.2, 0) is 4.79 Å². The number of amides is 2. The number of likely N-dealkylation sites (tertiary alicyclic amines) is 1. The van der Waals surface area contributed by atoms with E-state index < -0.39 is 0 Å². The first kappa shape index (κ1) is 18.2. The van der Waals surface area contributed by atoms with Crippen LogP contribution in [0.4, 0.5) is 0 Å². The zero-order chi connectivity index (χ0) is 18.8. The lowest BCUT2D eigenvalue weighted by Gasteiger charge is -2.32. The number of aromatic amines is 1. The Morgan fingerprint density at radius 3 is 2.85 bits per heavy atom. The van der Waals surface area contributed by atoms with E-state index in [1.165, 1.54) is 16.9 Å². The van der Waals surface area contributed by atoms with Gasteiger partial charge in [-0.3, -0.25) is 9.59 Å². The van der Waals surface area contributed by atoms with Crippen molar-refractivity contribution in [3.8, 4) is 0 Å². The van der Waals surface area contributed by atoms with E-state index >= 15 is 0 Å². The second-order valence-corrected chi connectivity index (χ2v) is 9.05. The van der Waals surface area contributed by atoms with Crippen molar-refractivity contribution < 1.29 is 9.59 Å². The minimum absolute atomic E-state index is 0.0296. The largest absolute Gasteiger partial charge is 0.346 e. The second-order valence-electron chi connectivity index (χ2n) is 6.59. The van der Waals surface area contributed by atoms with E-state index in [9.17, 15) is 9.59 Å². The van der Waals surface area contributed by atoms with Crippen LogP contribution in [-0.4, -0.2) is 46.3 Å². The molecule has 0 aliphatic carbocycles. The van der Waals surface area contributed by atoms with Crippen molar-refractivity contribution in [2.24, 2.45) is 0 Å². The second kappa shape index (κ2) is 7.82. The van der Waals surface area contributed by atoms with Crippen LogP contribution in [0.5, 0.6) is 0 Å². The molecule has 0 saturated carbocycles. The molecule has 0 unspecified atom stereocenters. The quantitative estimate of drug-likeness (QED) is 0.643. The maximum Gasteiger partial charge on any atom is 0.261 e. The Labute approximate surface area is 169 Å². The molecule has 1 aliphatic rings. The summed E-state index contributed by atoms with van der Waals surface area (Å²) in [5, 5.41) is 3.88. The van der Waals surface area contributed by atoms with Crippen molar-refractivity contribution in [2.75, 3.05) is 19.6 Å². The molecule has 3 aromatic rings. The van der Waals surface area contributed by atoms with Gasteiger partial charge in [0.05, 0.1) is 15.2 Å². The van der Waals surface area contributed by atoms with Gasteiger partial charge >= 0.3 is 0 Å². The molecule has 0 aromatic carbocycles. The summed E-state index contributed by atoms with van der Waals surface area (Å²) in [4.78, 5) is 34.5. The molecule has 2 N–H and O–H groups in total. The van der Waals surface area contributed by atoms with Crippen LogP contribution in [0.3, 0.4) is 0 Å². The van der Waals surface area contributed by atoms with Gasteiger partial charge in [0.1, 0.15) is 5.65 Å². The Bertz CT molecular complexity index is 975. The zero-order valence-electron chi connectivity index (χ0n) is 14.6. The predicted molar refractivity (Wildman–Crippen MR) is 109 cm³/mol. The highest BCUT2D eigenvalue weighted by Crippen LogP contribution is 2.32. The van der Waals surface area contributed by atoms with Gasteiger partial charge in [-0.2, -0.15) is 0 Å². The maximum absolute atomic E-state index is 12.4. The molecule has 0 radical (unpaired) electrons. The molecule has 27 heavy (non-hydrogen) atoms. The Morgan fingerprint density at radius 2 is 2.11 bits per heavy atom. The van der Waals surface area contributed by atoms with Crippen LogP contribution in [0.1, 0.15) is 34.0 Å². The monoisotopic (exact) mass is 446 g/mol. The highest BCUT2D eigenvalue weighted by atomic mass is 79.9. The molecule has 1 saturated heterocycles. The van der Waals surface area contributed by atoms with Gasteiger partial charge in [0.15, 0.2) is 0 Å². The van der Waals surface area contributed by atoms with Gasteiger partial charge in [-0.1, -0.05) is 0 Å². The average molecular weight is 447 g/mol. The molecule has 3 aromatic heterocycles. The number of H-pyrrole nitrogens is 1. The summed E-state index contributed by atoms with van der Waals surface area (Å²) < 4.78 is 0.897. The van der Waals surface area contributed by atoms with Gasteiger partial charge < -0.3 is 15.2 Å². The van der Waals surface area contributed by atoms with Gasteiger partial charge in [-0.05, 0) is 64.5 Å². The van der Waals surface area contributed by atoms with Crippen LogP contribution in [0.15, 0.2) is 40.4 Å². The summed E-state index contributed by atoms with van der Waals surface area (Å²) in [5.74, 6) is 0.184. The van der Waals surface area contributed by atoms with Crippen LogP contribution in [0.25, 0.3) is 11.0 Å². The molecular formula is C19H19BrN4O2S. The van der Waals surface area contributed by atoms with E-state index in [1.54, 1.807) is 12.3 Å². The van der Waals surface area contributed by atoms with Crippen molar-refractivity contribution in [1.82, 2.24) is 20.2 Å². The van der Waals surface area contributed by atoms with Crippen molar-refractivity contribution in [2.45, 2.75) is 18.8 Å². The summed E-state index contributed by atoms with van der Waals surface area (Å²) in [6.07, 6.45) is 5.66. The number of hydrogen-bond donors (Lipinski definition) is 2. The fourth-order valence-corrected chi connectivity index (χ4v) is 4.85. The normalized spacial score (nSPS) is 15.2. The number of nitrogens with zero attached hydrogens (tertiary/aromatic N) is 2. The zero-order valence-corrected chi connectivity index (χ0v) is 17.0. The number of carbonyl (C=O) groups is 2. The average Bonchev–Trinajstić information content (AvgIpc) is 3.32. The van der Waals surface area contributed by atoms with Gasteiger partial charge in [0.25, 0.3) is 5.91 Å². The molecule has 0 bridgehead atoms. The smallest absolute Gasteiger partial charge is 0.261 e. The Hall–Kier alpha value is -2.19. The topological polar surface area (TPSA) is 78.1 Å². The van der Waals surface area contributed by atoms with Crippen LogP contribution in [0, 0.1) is 0 Å². The number of hydrogen-bond acceptors (Lipinski definition) is 4. The molecule has 4 rings (SSSR count). The predicted octanol–water partition coefficient (Wildman–Crippen LogP) is 3.52. The van der Waals surface area contributed by atoms with Crippen molar-refractivity contribution >= 4 is 50.1 Å². The fourth-order valence-electron chi connectivity index (χ4n) is 3.55. The first-order chi connectivity index (χ1) is 13.1. The molecule has 4 heterocycles. The first-order valence-corrected chi connectivity index (χ1v) is 10.5. The number of fused-ring (bicyclic) bond motifs is 1. The first-order valence-electron chi connectivity index (χ1n) is 8.85. The standard InChI is InChI=1S/C19H19BrN4O2S/c20-16-4-3-15(27-16)19(26)23-11-17(25)24-8-5-12(6-9-24)14-10-22-18-13(14)2-1-7-21-18/h1-4,7,10,12H,5-6,8-9,11H2,(H,21,22)(H,23,26). The van der Waals surface area contributed by atoms with E-state index in [0.717, 1.165) is 27.7 Å². The SMILES string of the molecule is O=C(NCC(=O)N1CCC(c2c[nH]c3ncccc23)CC1)c1ccc(Br)s1. The minimum atomic E-state index is -0.208. The maximum atomic E-state index is 12.4. The molecule has 1 fully saturated rings. The van der Waals surface area contributed by atoms with Gasteiger partial charge in [0, 0.05) is 30.9 Å². The number of carbonyl (C=O) groups excluding carboxylic acids is 2. The summed E-state index contributed by atoms with van der Waals surface area (Å²) in [6.45, 7) is 1.45. The lowest BCUT2D eigenvalue weighted by molar-refractivity contribution is -0.131. The van der Waals surface area contributed by atoms with Crippen molar-refractivity contribution in [3.63, 3.8) is 0 Å². The van der Waals surface area contributed by atoms with Crippen molar-refractivity contribution in [1.29, 1.82) is 0 Å². The lowest BCUT2D eigenvalue weighted by Crippen LogP contribution is -2.43. The Kier molecular flexibility index (Phi) is 5.27. The number of pyridine rings is 1. The Balaban J connectivity index is 1.31. The highest BCUT2D eigenvalue weighted by Gasteiger charge is 2.25. The number of piperidine rings is 1. The van der Waals surface area contributed by atoms with E-state index in [4.69, 9.17) is 0 Å². The van der Waals surface area contributed by atoms with E-state index in [1.807, 2.05) is 23.2 Å². The van der Waals surface area contributed by atoms with E-state index in [0.29, 0.717) is 23.9 Å². The molecule has 6 nitrogen and oxygen atoms in total. The summed E-state index contributed by atoms with van der Waals surface area (Å²) in [5.41, 5.74) is 2.19. The third-order valence-electron chi connectivity index (χ3n) is 4.97. The fraction of sp³-hybridized carbons (Fsp3) is 0.316.